The first-order valence-corrected chi connectivity index (χ1v) is 6.93. The molecule has 21 heavy (non-hydrogen) atoms. The molecular formula is C16H11ClN4. The quantitative estimate of drug-likeness (QED) is 0.606. The summed E-state index contributed by atoms with van der Waals surface area (Å²) in [5.41, 5.74) is 4.86. The van der Waals surface area contributed by atoms with Crippen LogP contribution >= 0.6 is 11.6 Å². The van der Waals surface area contributed by atoms with E-state index in [4.69, 9.17) is 16.6 Å². The van der Waals surface area contributed by atoms with E-state index in [1.807, 2.05) is 54.9 Å². The van der Waals surface area contributed by atoms with Crippen molar-refractivity contribution in [3.63, 3.8) is 0 Å². The van der Waals surface area contributed by atoms with E-state index < -0.39 is 0 Å². The number of rotatable bonds is 2. The molecule has 4 rings (SSSR count). The van der Waals surface area contributed by atoms with Crippen molar-refractivity contribution in [3.05, 3.63) is 66.1 Å². The number of fused-ring (bicyclic) bond motifs is 1. The van der Waals surface area contributed by atoms with Crippen molar-refractivity contribution in [2.45, 2.75) is 0 Å². The van der Waals surface area contributed by atoms with Gasteiger partial charge in [-0.2, -0.15) is 5.10 Å². The van der Waals surface area contributed by atoms with Gasteiger partial charge in [0.05, 0.1) is 17.6 Å². The largest absolute Gasteiger partial charge is 0.299 e. The van der Waals surface area contributed by atoms with Crippen molar-refractivity contribution >= 4 is 17.2 Å². The van der Waals surface area contributed by atoms with Gasteiger partial charge in [-0.3, -0.25) is 9.50 Å². The number of nitrogens with zero attached hydrogens (tertiary/aromatic N) is 3. The van der Waals surface area contributed by atoms with Gasteiger partial charge in [-0.15, -0.1) is 0 Å². The third-order valence-corrected chi connectivity index (χ3v) is 3.67. The summed E-state index contributed by atoms with van der Waals surface area (Å²) in [6, 6.07) is 13.7. The van der Waals surface area contributed by atoms with Crippen LogP contribution in [0, 0.1) is 0 Å². The van der Waals surface area contributed by atoms with Gasteiger partial charge in [0.25, 0.3) is 0 Å². The predicted molar refractivity (Wildman–Crippen MR) is 83.2 cm³/mol. The van der Waals surface area contributed by atoms with Crippen LogP contribution in [-0.2, 0) is 0 Å². The molecule has 0 saturated carbocycles. The Kier molecular flexibility index (Phi) is 2.75. The van der Waals surface area contributed by atoms with Crippen LogP contribution < -0.4 is 0 Å². The molecule has 0 fully saturated rings. The Morgan fingerprint density at radius 1 is 1.00 bits per heavy atom. The van der Waals surface area contributed by atoms with Crippen molar-refractivity contribution in [1.29, 1.82) is 0 Å². The number of pyridine rings is 1. The molecule has 0 amide bonds. The Hall–Kier alpha value is -2.59. The van der Waals surface area contributed by atoms with E-state index >= 15 is 0 Å². The highest BCUT2D eigenvalue weighted by Gasteiger charge is 2.16. The maximum absolute atomic E-state index is 5.98. The lowest BCUT2D eigenvalue weighted by Gasteiger charge is -2.03. The molecule has 3 aromatic heterocycles. The van der Waals surface area contributed by atoms with Crippen LogP contribution in [0.25, 0.3) is 28.2 Å². The van der Waals surface area contributed by atoms with E-state index in [1.54, 1.807) is 6.20 Å². The zero-order valence-corrected chi connectivity index (χ0v) is 11.7. The Bertz CT molecular complexity index is 892. The molecule has 0 unspecified atom stereocenters. The second-order valence-corrected chi connectivity index (χ2v) is 5.17. The number of aromatic nitrogens is 4. The van der Waals surface area contributed by atoms with E-state index in [9.17, 15) is 0 Å². The van der Waals surface area contributed by atoms with Gasteiger partial charge in [0.2, 0.25) is 0 Å². The average molecular weight is 295 g/mol. The summed E-state index contributed by atoms with van der Waals surface area (Å²) >= 11 is 5.98. The van der Waals surface area contributed by atoms with Crippen molar-refractivity contribution in [2.24, 2.45) is 0 Å². The maximum atomic E-state index is 5.98. The monoisotopic (exact) mass is 294 g/mol. The first-order valence-electron chi connectivity index (χ1n) is 6.55. The van der Waals surface area contributed by atoms with Crippen LogP contribution in [0.1, 0.15) is 0 Å². The molecule has 4 nitrogen and oxygen atoms in total. The summed E-state index contributed by atoms with van der Waals surface area (Å²) in [6.45, 7) is 0. The number of imidazole rings is 1. The molecule has 0 aliphatic carbocycles. The van der Waals surface area contributed by atoms with Gasteiger partial charge in [-0.1, -0.05) is 29.8 Å². The normalized spacial score (nSPS) is 11.1. The molecule has 0 saturated heterocycles. The Morgan fingerprint density at radius 2 is 1.86 bits per heavy atom. The Balaban J connectivity index is 2.04. The van der Waals surface area contributed by atoms with E-state index in [2.05, 4.69) is 14.6 Å². The highest BCUT2D eigenvalue weighted by molar-refractivity contribution is 6.30. The minimum atomic E-state index is 0.715. The van der Waals surface area contributed by atoms with Crippen LogP contribution in [-0.4, -0.2) is 19.6 Å². The third kappa shape index (κ3) is 2.00. The van der Waals surface area contributed by atoms with Gasteiger partial charge in [0.15, 0.2) is 0 Å². The minimum Gasteiger partial charge on any atom is -0.299 e. The molecule has 0 atom stereocenters. The number of hydrogen-bond donors (Lipinski definition) is 1. The molecule has 0 aliphatic heterocycles. The number of halogens is 1. The van der Waals surface area contributed by atoms with Crippen molar-refractivity contribution in [3.8, 4) is 22.5 Å². The van der Waals surface area contributed by atoms with E-state index in [-0.39, 0.29) is 0 Å². The predicted octanol–water partition coefficient (Wildman–Crippen LogP) is 4.04. The van der Waals surface area contributed by atoms with E-state index in [0.717, 1.165) is 28.2 Å². The number of aromatic amines is 1. The van der Waals surface area contributed by atoms with Crippen LogP contribution in [0.3, 0.4) is 0 Å². The zero-order chi connectivity index (χ0) is 14.2. The fourth-order valence-corrected chi connectivity index (χ4v) is 2.59. The van der Waals surface area contributed by atoms with Crippen molar-refractivity contribution in [2.75, 3.05) is 0 Å². The molecule has 4 aromatic rings. The molecule has 1 aromatic carbocycles. The number of hydrogen-bond acceptors (Lipinski definition) is 2. The Labute approximate surface area is 126 Å². The smallest absolute Gasteiger partial charge is 0.137 e. The SMILES string of the molecule is Clc1ccc(-c2nc3ccccn3c2-c2cn[nH]c2)cc1. The van der Waals surface area contributed by atoms with Gasteiger partial charge in [-0.25, -0.2) is 4.98 Å². The molecule has 0 spiro atoms. The summed E-state index contributed by atoms with van der Waals surface area (Å²) in [6.07, 6.45) is 5.68. The summed E-state index contributed by atoms with van der Waals surface area (Å²) in [5, 5.41) is 7.62. The molecule has 0 bridgehead atoms. The van der Waals surface area contributed by atoms with E-state index in [1.165, 1.54) is 0 Å². The van der Waals surface area contributed by atoms with Crippen LogP contribution in [0.2, 0.25) is 5.02 Å². The van der Waals surface area contributed by atoms with E-state index in [0.29, 0.717) is 5.02 Å². The minimum absolute atomic E-state index is 0.715. The summed E-state index contributed by atoms with van der Waals surface area (Å²) in [4.78, 5) is 4.75. The number of H-pyrrole nitrogens is 1. The maximum Gasteiger partial charge on any atom is 0.137 e. The fraction of sp³-hybridized carbons (Fsp3) is 0. The molecule has 5 heteroatoms. The van der Waals surface area contributed by atoms with Crippen molar-refractivity contribution in [1.82, 2.24) is 19.6 Å². The van der Waals surface area contributed by atoms with Gasteiger partial charge >= 0.3 is 0 Å². The van der Waals surface area contributed by atoms with Gasteiger partial charge in [0, 0.05) is 28.5 Å². The first-order chi connectivity index (χ1) is 10.3. The molecule has 1 N–H and O–H groups in total. The standard InChI is InChI=1S/C16H11ClN4/c17-13-6-4-11(5-7-13)15-16(12-9-18-19-10-12)21-8-2-1-3-14(21)20-15/h1-10H,(H,18,19). The fourth-order valence-electron chi connectivity index (χ4n) is 2.46. The zero-order valence-electron chi connectivity index (χ0n) is 11.0. The molecular weight excluding hydrogens is 284 g/mol. The summed E-state index contributed by atoms with van der Waals surface area (Å²) < 4.78 is 2.06. The van der Waals surface area contributed by atoms with Gasteiger partial charge in [-0.05, 0) is 24.3 Å². The molecule has 0 radical (unpaired) electrons. The number of nitrogens with one attached hydrogen (secondary N) is 1. The second kappa shape index (κ2) is 4.75. The van der Waals surface area contributed by atoms with Crippen molar-refractivity contribution < 1.29 is 0 Å². The Morgan fingerprint density at radius 3 is 2.62 bits per heavy atom. The highest BCUT2D eigenvalue weighted by atomic mass is 35.5. The average Bonchev–Trinajstić information content (AvgIpc) is 3.14. The topological polar surface area (TPSA) is 46.0 Å². The lowest BCUT2D eigenvalue weighted by molar-refractivity contribution is 1.09. The third-order valence-electron chi connectivity index (χ3n) is 3.42. The van der Waals surface area contributed by atoms with Crippen LogP contribution in [0.4, 0.5) is 0 Å². The first kappa shape index (κ1) is 12.2. The molecule has 3 heterocycles. The summed E-state index contributed by atoms with van der Waals surface area (Å²) in [7, 11) is 0. The lowest BCUT2D eigenvalue weighted by atomic mass is 10.1. The van der Waals surface area contributed by atoms with Crippen LogP contribution in [0.5, 0.6) is 0 Å². The summed E-state index contributed by atoms with van der Waals surface area (Å²) in [5.74, 6) is 0. The van der Waals surface area contributed by atoms with Crippen LogP contribution in [0.15, 0.2) is 61.1 Å². The second-order valence-electron chi connectivity index (χ2n) is 4.73. The number of benzene rings is 1. The molecule has 0 aliphatic rings. The highest BCUT2D eigenvalue weighted by Crippen LogP contribution is 2.32. The molecule has 102 valence electrons. The lowest BCUT2D eigenvalue weighted by Crippen LogP contribution is -1.87. The van der Waals surface area contributed by atoms with Gasteiger partial charge in [0.1, 0.15) is 5.65 Å². The van der Waals surface area contributed by atoms with Gasteiger partial charge < -0.3 is 0 Å².